The van der Waals surface area contributed by atoms with Crippen LogP contribution < -0.4 is 0 Å². The van der Waals surface area contributed by atoms with Crippen molar-refractivity contribution in [3.05, 3.63) is 41.8 Å². The van der Waals surface area contributed by atoms with Gasteiger partial charge in [0.1, 0.15) is 17.0 Å². The number of nitrogens with zero attached hydrogens (tertiary/aromatic N) is 4. The van der Waals surface area contributed by atoms with Crippen LogP contribution in [0.3, 0.4) is 0 Å². The number of hydrogen-bond acceptors (Lipinski definition) is 7. The Hall–Kier alpha value is -1.99. The molecule has 0 amide bonds. The van der Waals surface area contributed by atoms with Crippen LogP contribution in [0.15, 0.2) is 33.8 Å². The SMILES string of the molecule is Cc1nc(SCc2nc(C(C)OCC(C)C)no2)c2ccccc2n1. The summed E-state index contributed by atoms with van der Waals surface area (Å²) in [5.41, 5.74) is 0.944. The first-order valence-corrected chi connectivity index (χ1v) is 9.31. The molecule has 0 fully saturated rings. The molecular formula is C18H22N4O2S. The highest BCUT2D eigenvalue weighted by atomic mass is 32.2. The minimum atomic E-state index is -0.174. The lowest BCUT2D eigenvalue weighted by Gasteiger charge is -2.10. The van der Waals surface area contributed by atoms with Gasteiger partial charge < -0.3 is 9.26 Å². The minimum absolute atomic E-state index is 0.174. The van der Waals surface area contributed by atoms with Crippen molar-refractivity contribution in [2.45, 2.75) is 44.6 Å². The Morgan fingerprint density at radius 2 is 1.92 bits per heavy atom. The summed E-state index contributed by atoms with van der Waals surface area (Å²) in [6.07, 6.45) is -0.174. The van der Waals surface area contributed by atoms with E-state index in [-0.39, 0.29) is 6.10 Å². The fourth-order valence-corrected chi connectivity index (χ4v) is 3.20. The van der Waals surface area contributed by atoms with Crippen LogP contribution in [0.2, 0.25) is 0 Å². The van der Waals surface area contributed by atoms with Crippen molar-refractivity contribution in [2.75, 3.05) is 6.61 Å². The lowest BCUT2D eigenvalue weighted by atomic mass is 10.2. The van der Waals surface area contributed by atoms with Crippen molar-refractivity contribution in [1.29, 1.82) is 0 Å². The van der Waals surface area contributed by atoms with Crippen molar-refractivity contribution >= 4 is 22.7 Å². The Balaban J connectivity index is 1.69. The molecule has 7 heteroatoms. The van der Waals surface area contributed by atoms with Crippen molar-refractivity contribution in [3.63, 3.8) is 0 Å². The molecule has 0 saturated heterocycles. The first kappa shape index (κ1) is 17.8. The van der Waals surface area contributed by atoms with Gasteiger partial charge in [0.15, 0.2) is 5.82 Å². The Labute approximate surface area is 151 Å². The highest BCUT2D eigenvalue weighted by molar-refractivity contribution is 7.98. The van der Waals surface area contributed by atoms with Crippen LogP contribution in [0.4, 0.5) is 0 Å². The number of para-hydroxylation sites is 1. The van der Waals surface area contributed by atoms with Crippen LogP contribution in [-0.4, -0.2) is 26.7 Å². The standard InChI is InChI=1S/C18H22N4O2S/c1-11(2)9-23-12(3)17-21-16(24-22-17)10-25-18-14-7-5-6-8-15(14)19-13(4)20-18/h5-8,11-12H,9-10H2,1-4H3. The number of ether oxygens (including phenoxy) is 1. The smallest absolute Gasteiger partial charge is 0.237 e. The molecule has 25 heavy (non-hydrogen) atoms. The van der Waals surface area contributed by atoms with Gasteiger partial charge in [-0.25, -0.2) is 9.97 Å². The summed E-state index contributed by atoms with van der Waals surface area (Å²) >= 11 is 1.57. The Morgan fingerprint density at radius 1 is 1.12 bits per heavy atom. The molecule has 6 nitrogen and oxygen atoms in total. The summed E-state index contributed by atoms with van der Waals surface area (Å²) in [5.74, 6) is 2.94. The van der Waals surface area contributed by atoms with Crippen LogP contribution in [-0.2, 0) is 10.5 Å². The minimum Gasteiger partial charge on any atom is -0.370 e. The number of fused-ring (bicyclic) bond motifs is 1. The number of benzene rings is 1. The van der Waals surface area contributed by atoms with Gasteiger partial charge in [0, 0.05) is 12.0 Å². The zero-order valence-electron chi connectivity index (χ0n) is 14.9. The second kappa shape index (κ2) is 7.93. The van der Waals surface area contributed by atoms with E-state index in [1.165, 1.54) is 0 Å². The first-order valence-electron chi connectivity index (χ1n) is 8.33. The van der Waals surface area contributed by atoms with Gasteiger partial charge >= 0.3 is 0 Å². The molecule has 0 aliphatic carbocycles. The maximum atomic E-state index is 5.73. The number of hydrogen-bond donors (Lipinski definition) is 0. The quantitative estimate of drug-likeness (QED) is 0.459. The topological polar surface area (TPSA) is 73.9 Å². The third kappa shape index (κ3) is 4.55. The van der Waals surface area contributed by atoms with Gasteiger partial charge in [-0.3, -0.25) is 0 Å². The molecule has 132 valence electrons. The van der Waals surface area contributed by atoms with Crippen molar-refractivity contribution < 1.29 is 9.26 Å². The van der Waals surface area contributed by atoms with Crippen LogP contribution >= 0.6 is 11.8 Å². The van der Waals surface area contributed by atoms with Crippen LogP contribution in [0, 0.1) is 12.8 Å². The molecule has 0 spiro atoms. The maximum Gasteiger partial charge on any atom is 0.237 e. The van der Waals surface area contributed by atoms with Gasteiger partial charge in [-0.15, -0.1) is 0 Å². The summed E-state index contributed by atoms with van der Waals surface area (Å²) < 4.78 is 11.1. The van der Waals surface area contributed by atoms with E-state index in [1.54, 1.807) is 11.8 Å². The number of aromatic nitrogens is 4. The molecule has 0 aliphatic heterocycles. The fraction of sp³-hybridized carbons (Fsp3) is 0.444. The summed E-state index contributed by atoms with van der Waals surface area (Å²) in [7, 11) is 0. The van der Waals surface area contributed by atoms with Crippen LogP contribution in [0.1, 0.15) is 44.4 Å². The monoisotopic (exact) mass is 358 g/mol. The molecule has 2 aromatic heterocycles. The molecule has 1 atom stereocenters. The van der Waals surface area contributed by atoms with E-state index in [0.717, 1.165) is 21.8 Å². The van der Waals surface area contributed by atoms with Crippen molar-refractivity contribution in [3.8, 4) is 0 Å². The zero-order valence-corrected chi connectivity index (χ0v) is 15.7. The van der Waals surface area contributed by atoms with E-state index in [4.69, 9.17) is 9.26 Å². The van der Waals surface area contributed by atoms with E-state index in [2.05, 4.69) is 34.0 Å². The second-order valence-electron chi connectivity index (χ2n) is 6.30. The molecule has 2 heterocycles. The second-order valence-corrected chi connectivity index (χ2v) is 7.26. The maximum absolute atomic E-state index is 5.73. The zero-order chi connectivity index (χ0) is 17.8. The normalized spacial score (nSPS) is 12.8. The van der Waals surface area contributed by atoms with E-state index in [9.17, 15) is 0 Å². The largest absolute Gasteiger partial charge is 0.370 e. The molecule has 0 saturated carbocycles. The third-order valence-corrected chi connectivity index (χ3v) is 4.52. The van der Waals surface area contributed by atoms with Gasteiger partial charge in [0.25, 0.3) is 0 Å². The summed E-state index contributed by atoms with van der Waals surface area (Å²) in [6.45, 7) is 8.73. The molecule has 0 bridgehead atoms. The molecule has 0 aliphatic rings. The number of aryl methyl sites for hydroxylation is 1. The van der Waals surface area contributed by atoms with Gasteiger partial charge in [0.2, 0.25) is 5.89 Å². The van der Waals surface area contributed by atoms with Crippen LogP contribution in [0.25, 0.3) is 10.9 Å². The molecular weight excluding hydrogens is 336 g/mol. The highest BCUT2D eigenvalue weighted by Crippen LogP contribution is 2.28. The van der Waals surface area contributed by atoms with Gasteiger partial charge in [0.05, 0.1) is 11.3 Å². The molecule has 1 unspecified atom stereocenters. The number of rotatable bonds is 7. The first-order chi connectivity index (χ1) is 12.0. The fourth-order valence-electron chi connectivity index (χ4n) is 2.30. The van der Waals surface area contributed by atoms with E-state index >= 15 is 0 Å². The average Bonchev–Trinajstić information content (AvgIpc) is 3.06. The molecule has 3 rings (SSSR count). The summed E-state index contributed by atoms with van der Waals surface area (Å²) in [4.78, 5) is 13.4. The van der Waals surface area contributed by atoms with Crippen LogP contribution in [0.5, 0.6) is 0 Å². The van der Waals surface area contributed by atoms with Gasteiger partial charge in [-0.05, 0) is 25.8 Å². The van der Waals surface area contributed by atoms with E-state index in [1.807, 2.05) is 38.1 Å². The Morgan fingerprint density at radius 3 is 2.72 bits per heavy atom. The van der Waals surface area contributed by atoms with E-state index in [0.29, 0.717) is 30.0 Å². The predicted octanol–water partition coefficient (Wildman–Crippen LogP) is 4.35. The molecule has 0 N–H and O–H groups in total. The van der Waals surface area contributed by atoms with E-state index < -0.39 is 0 Å². The third-order valence-electron chi connectivity index (χ3n) is 3.54. The molecule has 3 aromatic rings. The average molecular weight is 358 g/mol. The lowest BCUT2D eigenvalue weighted by Crippen LogP contribution is -2.07. The van der Waals surface area contributed by atoms with Crippen molar-refractivity contribution in [1.82, 2.24) is 20.1 Å². The van der Waals surface area contributed by atoms with Crippen molar-refractivity contribution in [2.24, 2.45) is 5.92 Å². The van der Waals surface area contributed by atoms with Gasteiger partial charge in [-0.2, -0.15) is 4.98 Å². The molecule has 0 radical (unpaired) electrons. The summed E-state index contributed by atoms with van der Waals surface area (Å²) in [5, 5.41) is 5.99. The highest BCUT2D eigenvalue weighted by Gasteiger charge is 2.16. The lowest BCUT2D eigenvalue weighted by molar-refractivity contribution is 0.0402. The Bertz CT molecular complexity index is 850. The Kier molecular flexibility index (Phi) is 5.65. The van der Waals surface area contributed by atoms with Gasteiger partial charge in [-0.1, -0.05) is 49.0 Å². The molecule has 1 aromatic carbocycles. The predicted molar refractivity (Wildman–Crippen MR) is 97.3 cm³/mol. The number of thioether (sulfide) groups is 1. The summed E-state index contributed by atoms with van der Waals surface area (Å²) in [6, 6.07) is 7.99.